The molecule has 0 bridgehead atoms. The number of methoxy groups -OCH3 is 1. The van der Waals surface area contributed by atoms with E-state index in [1.165, 1.54) is 16.0 Å². The van der Waals surface area contributed by atoms with E-state index in [2.05, 4.69) is 52.1 Å². The van der Waals surface area contributed by atoms with Gasteiger partial charge in [-0.25, -0.2) is 0 Å². The van der Waals surface area contributed by atoms with Crippen molar-refractivity contribution in [3.8, 4) is 5.75 Å². The molecule has 168 valence electrons. The number of nitrogens with zero attached hydrogens (tertiary/aromatic N) is 1. The molecule has 1 aliphatic heterocycles. The molecular weight excluding hydrogens is 420 g/mol. The first kappa shape index (κ1) is 22.5. The number of hydrogen-bond donors (Lipinski definition) is 1. The zero-order chi connectivity index (χ0) is 23.4. The van der Waals surface area contributed by atoms with Crippen molar-refractivity contribution in [2.45, 2.75) is 64.3 Å². The summed E-state index contributed by atoms with van der Waals surface area (Å²) in [5, 5.41) is 2.65. The number of nitrogens with one attached hydrogen (secondary N) is 1. The molecule has 0 radical (unpaired) electrons. The molecule has 4 rings (SSSR count). The number of benzene rings is 2. The predicted molar refractivity (Wildman–Crippen MR) is 129 cm³/mol. The lowest BCUT2D eigenvalue weighted by Gasteiger charge is -2.43. The van der Waals surface area contributed by atoms with Gasteiger partial charge in [0, 0.05) is 0 Å². The summed E-state index contributed by atoms with van der Waals surface area (Å²) in [6, 6.07) is 11.6. The number of hydrogen-bond acceptors (Lipinski definition) is 4. The summed E-state index contributed by atoms with van der Waals surface area (Å²) < 4.78 is 5.31. The Morgan fingerprint density at radius 3 is 2.06 bits per heavy atom. The van der Waals surface area contributed by atoms with Crippen LogP contribution in [-0.4, -0.2) is 28.9 Å². The summed E-state index contributed by atoms with van der Waals surface area (Å²) in [5.74, 6) is -0.597. The zero-order valence-electron chi connectivity index (χ0n) is 19.5. The van der Waals surface area contributed by atoms with Gasteiger partial charge in [0.15, 0.2) is 5.11 Å². The average molecular weight is 451 g/mol. The Bertz CT molecular complexity index is 1120. The van der Waals surface area contributed by atoms with E-state index in [4.69, 9.17) is 17.0 Å². The molecule has 5 nitrogen and oxygen atoms in total. The Balaban J connectivity index is 1.95. The fourth-order valence-electron chi connectivity index (χ4n) is 4.93. The van der Waals surface area contributed by atoms with Crippen molar-refractivity contribution in [2.75, 3.05) is 7.11 Å². The monoisotopic (exact) mass is 450 g/mol. The topological polar surface area (TPSA) is 58.6 Å². The van der Waals surface area contributed by atoms with Crippen LogP contribution in [0, 0.1) is 6.92 Å². The van der Waals surface area contributed by atoms with Gasteiger partial charge < -0.3 is 4.74 Å². The van der Waals surface area contributed by atoms with Crippen LogP contribution in [0.15, 0.2) is 36.4 Å². The van der Waals surface area contributed by atoms with Crippen molar-refractivity contribution in [1.29, 1.82) is 0 Å². The first-order valence-electron chi connectivity index (χ1n) is 10.9. The number of amides is 2. The Labute approximate surface area is 195 Å². The van der Waals surface area contributed by atoms with Gasteiger partial charge >= 0.3 is 11.8 Å². The van der Waals surface area contributed by atoms with Gasteiger partial charge in [-0.2, -0.15) is 0 Å². The molecule has 1 unspecified atom stereocenters. The lowest BCUT2D eigenvalue weighted by molar-refractivity contribution is -0.140. The van der Waals surface area contributed by atoms with Crippen molar-refractivity contribution >= 4 is 29.1 Å². The normalized spacial score (nSPS) is 20.1. The minimum absolute atomic E-state index is 0.0152. The van der Waals surface area contributed by atoms with Crippen LogP contribution < -0.4 is 10.1 Å². The van der Waals surface area contributed by atoms with Crippen LogP contribution in [0.25, 0.3) is 0 Å². The van der Waals surface area contributed by atoms with Gasteiger partial charge in [-0.3, -0.25) is 19.8 Å². The number of rotatable bonds is 4. The number of aryl methyl sites for hydroxylation is 1. The van der Waals surface area contributed by atoms with E-state index in [1.807, 2.05) is 24.3 Å². The predicted octanol–water partition coefficient (Wildman–Crippen LogP) is 4.69. The third-order valence-corrected chi connectivity index (χ3v) is 7.37. The van der Waals surface area contributed by atoms with Crippen molar-refractivity contribution in [3.63, 3.8) is 0 Å². The summed E-state index contributed by atoms with van der Waals surface area (Å²) in [4.78, 5) is 26.4. The average Bonchev–Trinajstić information content (AvgIpc) is 2.99. The molecule has 2 aromatic carbocycles. The molecule has 0 spiro atoms. The van der Waals surface area contributed by atoms with Gasteiger partial charge in [-0.15, -0.1) is 0 Å². The molecule has 0 aromatic heterocycles. The van der Waals surface area contributed by atoms with Crippen molar-refractivity contribution in [2.24, 2.45) is 0 Å². The summed E-state index contributed by atoms with van der Waals surface area (Å²) in [5.41, 5.74) is 5.67. The highest BCUT2D eigenvalue weighted by Crippen LogP contribution is 2.48. The standard InChI is InChI=1S/C26H30N2O3S/c1-15-13-19-20(26(4,5)12-11-25(19,2)3)14-18(15)21(16-7-9-17(31-6)10-8-16)28-23(30)22(29)27-24(28)32/h7-10,13-14,21H,11-12H2,1-6H3,(H,27,29,32). The van der Waals surface area contributed by atoms with Gasteiger partial charge in [0.2, 0.25) is 0 Å². The number of carbonyl (C=O) groups excluding carboxylic acids is 2. The van der Waals surface area contributed by atoms with Gasteiger partial charge in [-0.05, 0) is 82.8 Å². The lowest BCUT2D eigenvalue weighted by atomic mass is 9.62. The minimum Gasteiger partial charge on any atom is -0.497 e. The molecule has 1 aliphatic carbocycles. The summed E-state index contributed by atoms with van der Waals surface area (Å²) in [7, 11) is 1.62. The Kier molecular flexibility index (Phi) is 5.40. The van der Waals surface area contributed by atoms with Crippen molar-refractivity contribution in [3.05, 3.63) is 64.2 Å². The van der Waals surface area contributed by atoms with E-state index in [0.29, 0.717) is 0 Å². The van der Waals surface area contributed by atoms with Gasteiger partial charge in [0.05, 0.1) is 13.2 Å². The van der Waals surface area contributed by atoms with Crippen LogP contribution >= 0.6 is 12.2 Å². The van der Waals surface area contributed by atoms with Crippen LogP contribution in [0.3, 0.4) is 0 Å². The van der Waals surface area contributed by atoms with E-state index < -0.39 is 17.9 Å². The first-order chi connectivity index (χ1) is 15.0. The van der Waals surface area contributed by atoms with E-state index in [9.17, 15) is 9.59 Å². The molecule has 6 heteroatoms. The molecule has 2 aliphatic rings. The lowest BCUT2D eigenvalue weighted by Crippen LogP contribution is -2.37. The Morgan fingerprint density at radius 2 is 1.56 bits per heavy atom. The minimum atomic E-state index is -0.689. The third-order valence-electron chi connectivity index (χ3n) is 7.08. The summed E-state index contributed by atoms with van der Waals surface area (Å²) >= 11 is 5.41. The highest BCUT2D eigenvalue weighted by molar-refractivity contribution is 7.80. The third kappa shape index (κ3) is 3.60. The highest BCUT2D eigenvalue weighted by atomic mass is 32.1. The fraction of sp³-hybridized carbons (Fsp3) is 0.423. The second-order valence-corrected chi connectivity index (χ2v) is 10.5. The van der Waals surface area contributed by atoms with Crippen LogP contribution in [0.2, 0.25) is 0 Å². The van der Waals surface area contributed by atoms with Crippen LogP contribution in [0.5, 0.6) is 5.75 Å². The van der Waals surface area contributed by atoms with E-state index in [0.717, 1.165) is 35.3 Å². The summed E-state index contributed by atoms with van der Waals surface area (Å²) in [6.07, 6.45) is 2.21. The molecule has 1 saturated heterocycles. The molecule has 1 fully saturated rings. The first-order valence-corrected chi connectivity index (χ1v) is 11.3. The number of ether oxygens (including phenoxy) is 1. The van der Waals surface area contributed by atoms with Crippen LogP contribution in [0.4, 0.5) is 0 Å². The maximum atomic E-state index is 12.9. The number of carbonyl (C=O) groups is 2. The highest BCUT2D eigenvalue weighted by Gasteiger charge is 2.43. The number of thiocarbonyl (C=S) groups is 1. The van der Waals surface area contributed by atoms with Crippen LogP contribution in [0.1, 0.15) is 74.4 Å². The SMILES string of the molecule is COc1ccc(C(c2cc3c(cc2C)C(C)(C)CCC3(C)C)N2C(=O)C(=O)NC2=S)cc1. The summed E-state index contributed by atoms with van der Waals surface area (Å²) in [6.45, 7) is 11.2. The molecule has 1 atom stereocenters. The maximum Gasteiger partial charge on any atom is 0.319 e. The fourth-order valence-corrected chi connectivity index (χ4v) is 5.22. The smallest absolute Gasteiger partial charge is 0.319 e. The van der Waals surface area contributed by atoms with Crippen molar-refractivity contribution in [1.82, 2.24) is 10.2 Å². The van der Waals surface area contributed by atoms with Crippen LogP contribution in [-0.2, 0) is 20.4 Å². The molecule has 32 heavy (non-hydrogen) atoms. The second kappa shape index (κ2) is 7.69. The molecule has 2 aromatic rings. The molecule has 0 saturated carbocycles. The van der Waals surface area contributed by atoms with E-state index in [1.54, 1.807) is 7.11 Å². The Morgan fingerprint density at radius 1 is 1.00 bits per heavy atom. The molecule has 1 heterocycles. The quantitative estimate of drug-likeness (QED) is 0.543. The van der Waals surface area contributed by atoms with Crippen molar-refractivity contribution < 1.29 is 14.3 Å². The van der Waals surface area contributed by atoms with Gasteiger partial charge in [0.1, 0.15) is 5.75 Å². The van der Waals surface area contributed by atoms with E-state index >= 15 is 0 Å². The Hall–Kier alpha value is -2.73. The zero-order valence-corrected chi connectivity index (χ0v) is 20.4. The van der Waals surface area contributed by atoms with E-state index in [-0.39, 0.29) is 15.9 Å². The molecular formula is C26H30N2O3S. The second-order valence-electron chi connectivity index (χ2n) is 10.1. The van der Waals surface area contributed by atoms with Gasteiger partial charge in [-0.1, -0.05) is 52.0 Å². The number of fused-ring (bicyclic) bond motifs is 1. The van der Waals surface area contributed by atoms with Gasteiger partial charge in [0.25, 0.3) is 0 Å². The largest absolute Gasteiger partial charge is 0.497 e. The molecule has 1 N–H and O–H groups in total. The molecule has 2 amide bonds. The maximum absolute atomic E-state index is 12.9.